The Kier molecular flexibility index (Phi) is 9.34. The molecule has 0 aliphatic carbocycles. The third-order valence-electron chi connectivity index (χ3n) is 5.97. The van der Waals surface area contributed by atoms with Crippen molar-refractivity contribution in [1.29, 1.82) is 5.41 Å². The van der Waals surface area contributed by atoms with Crippen LogP contribution in [-0.4, -0.2) is 56.0 Å². The predicted octanol–water partition coefficient (Wildman–Crippen LogP) is 4.22. The Balaban J connectivity index is 2.05. The van der Waals surface area contributed by atoms with E-state index in [0.29, 0.717) is 38.3 Å². The van der Waals surface area contributed by atoms with Gasteiger partial charge < -0.3 is 20.5 Å². The maximum atomic E-state index is 14.0. The smallest absolute Gasteiger partial charge is 0.272 e. The molecular formula is C27H30IN5O4. The number of nitrogens with zero attached hydrogens (tertiary/aromatic N) is 2. The standard InChI is InChI=1S/C27H30IN5O4/c1-32(26(34)18-8-6-5-7-9-18)33(2)27(35)23(31-19-12-10-17(11-13-19)25(29)30)20-14-15-22(36-3)24(37-4)21(20)16-28/h5-15,23,31H,16H2,1-4H3,(H3,29,30). The molecule has 1 unspecified atom stereocenters. The molecule has 0 aliphatic rings. The number of amides is 2. The van der Waals surface area contributed by atoms with Gasteiger partial charge in [0, 0.05) is 40.9 Å². The van der Waals surface area contributed by atoms with Crippen molar-refractivity contribution in [1.82, 2.24) is 10.0 Å². The third-order valence-corrected chi connectivity index (χ3v) is 6.73. The van der Waals surface area contributed by atoms with Gasteiger partial charge in [0.2, 0.25) is 0 Å². The Labute approximate surface area is 230 Å². The highest BCUT2D eigenvalue weighted by molar-refractivity contribution is 14.1. The summed E-state index contributed by atoms with van der Waals surface area (Å²) in [5.41, 5.74) is 8.74. The summed E-state index contributed by atoms with van der Waals surface area (Å²) in [6.07, 6.45) is 0. The molecule has 0 saturated heterocycles. The van der Waals surface area contributed by atoms with Gasteiger partial charge >= 0.3 is 0 Å². The van der Waals surface area contributed by atoms with E-state index in [0.717, 1.165) is 5.56 Å². The van der Waals surface area contributed by atoms with Gasteiger partial charge in [0.25, 0.3) is 11.8 Å². The van der Waals surface area contributed by atoms with E-state index in [1.807, 2.05) is 12.1 Å². The minimum atomic E-state index is -0.872. The van der Waals surface area contributed by atoms with Crippen LogP contribution in [-0.2, 0) is 9.22 Å². The molecule has 1 atom stereocenters. The van der Waals surface area contributed by atoms with Crippen molar-refractivity contribution < 1.29 is 19.1 Å². The molecule has 0 spiro atoms. The van der Waals surface area contributed by atoms with Crippen LogP contribution in [0.3, 0.4) is 0 Å². The summed E-state index contributed by atoms with van der Waals surface area (Å²) in [7, 11) is 6.23. The molecule has 4 N–H and O–H groups in total. The molecule has 0 fully saturated rings. The van der Waals surface area contributed by atoms with Crippen LogP contribution >= 0.6 is 22.6 Å². The second-order valence-electron chi connectivity index (χ2n) is 8.13. The number of rotatable bonds is 9. The highest BCUT2D eigenvalue weighted by atomic mass is 127. The molecule has 0 aromatic heterocycles. The summed E-state index contributed by atoms with van der Waals surface area (Å²) < 4.78 is 11.7. The zero-order valence-corrected chi connectivity index (χ0v) is 23.3. The Morgan fingerprint density at radius 2 is 1.59 bits per heavy atom. The van der Waals surface area contributed by atoms with Crippen molar-refractivity contribution in [3.63, 3.8) is 0 Å². The quantitative estimate of drug-likeness (QED) is 0.109. The van der Waals surface area contributed by atoms with E-state index in [4.69, 9.17) is 20.6 Å². The van der Waals surface area contributed by atoms with E-state index in [9.17, 15) is 9.59 Å². The van der Waals surface area contributed by atoms with Gasteiger partial charge in [-0.1, -0.05) is 46.9 Å². The first-order valence-corrected chi connectivity index (χ1v) is 12.9. The number of nitrogens with one attached hydrogen (secondary N) is 2. The number of ether oxygens (including phenoxy) is 2. The zero-order valence-electron chi connectivity index (χ0n) is 21.1. The Morgan fingerprint density at radius 1 is 0.946 bits per heavy atom. The second-order valence-corrected chi connectivity index (χ2v) is 8.89. The lowest BCUT2D eigenvalue weighted by molar-refractivity contribution is -0.141. The predicted molar refractivity (Wildman–Crippen MR) is 152 cm³/mol. The molecule has 0 radical (unpaired) electrons. The van der Waals surface area contributed by atoms with Gasteiger partial charge in [-0.15, -0.1) is 0 Å². The molecule has 3 aromatic carbocycles. The average Bonchev–Trinajstić information content (AvgIpc) is 2.94. The largest absolute Gasteiger partial charge is 0.493 e. The Bertz CT molecular complexity index is 1270. The fourth-order valence-electron chi connectivity index (χ4n) is 3.84. The van der Waals surface area contributed by atoms with E-state index in [2.05, 4.69) is 27.9 Å². The molecule has 3 aromatic rings. The van der Waals surface area contributed by atoms with Crippen LogP contribution < -0.4 is 20.5 Å². The monoisotopic (exact) mass is 615 g/mol. The lowest BCUT2D eigenvalue weighted by Gasteiger charge is -2.33. The summed E-state index contributed by atoms with van der Waals surface area (Å²) in [4.78, 5) is 27.0. The van der Waals surface area contributed by atoms with Crippen LogP contribution in [0.5, 0.6) is 11.5 Å². The lowest BCUT2D eigenvalue weighted by Crippen LogP contribution is -2.48. The molecule has 194 valence electrons. The topological polar surface area (TPSA) is 121 Å². The Morgan fingerprint density at radius 3 is 2.14 bits per heavy atom. The van der Waals surface area contributed by atoms with E-state index < -0.39 is 6.04 Å². The molecule has 10 heteroatoms. The SMILES string of the molecule is COc1ccc(C(Nc2ccc(C(=N)N)cc2)C(=O)N(C)N(C)C(=O)c2ccccc2)c(CI)c1OC. The van der Waals surface area contributed by atoms with Gasteiger partial charge in [-0.3, -0.25) is 25.0 Å². The first-order chi connectivity index (χ1) is 17.7. The number of hydrazine groups is 1. The summed E-state index contributed by atoms with van der Waals surface area (Å²) >= 11 is 2.22. The van der Waals surface area contributed by atoms with Crippen molar-refractivity contribution in [2.45, 2.75) is 10.5 Å². The van der Waals surface area contributed by atoms with Crippen LogP contribution in [0.25, 0.3) is 0 Å². The van der Waals surface area contributed by atoms with Crippen LogP contribution in [0.4, 0.5) is 5.69 Å². The highest BCUT2D eigenvalue weighted by Gasteiger charge is 2.31. The van der Waals surface area contributed by atoms with Gasteiger partial charge in [0.15, 0.2) is 11.5 Å². The number of alkyl halides is 1. The summed E-state index contributed by atoms with van der Waals surface area (Å²) in [6, 6.07) is 18.4. The van der Waals surface area contributed by atoms with Gasteiger partial charge in [-0.2, -0.15) is 0 Å². The zero-order chi connectivity index (χ0) is 27.1. The average molecular weight is 615 g/mol. The van der Waals surface area contributed by atoms with E-state index >= 15 is 0 Å². The molecule has 9 nitrogen and oxygen atoms in total. The van der Waals surface area contributed by atoms with Crippen molar-refractivity contribution >= 4 is 45.9 Å². The number of benzene rings is 3. The number of carbonyl (C=O) groups excluding carboxylic acids is 2. The number of nitrogens with two attached hydrogens (primary N) is 1. The number of carbonyl (C=O) groups is 2. The first-order valence-electron chi connectivity index (χ1n) is 11.3. The molecular weight excluding hydrogens is 585 g/mol. The number of anilines is 1. The number of hydrogen-bond acceptors (Lipinski definition) is 6. The van der Waals surface area contributed by atoms with Gasteiger partial charge in [0.1, 0.15) is 11.9 Å². The molecule has 0 heterocycles. The van der Waals surface area contributed by atoms with E-state index in [1.165, 1.54) is 10.0 Å². The van der Waals surface area contributed by atoms with Crippen molar-refractivity contribution in [2.75, 3.05) is 33.6 Å². The molecule has 3 rings (SSSR count). The number of methoxy groups -OCH3 is 2. The molecule has 37 heavy (non-hydrogen) atoms. The second kappa shape index (κ2) is 12.4. The highest BCUT2D eigenvalue weighted by Crippen LogP contribution is 2.38. The lowest BCUT2D eigenvalue weighted by atomic mass is 9.98. The normalized spacial score (nSPS) is 11.3. The van der Waals surface area contributed by atoms with E-state index in [-0.39, 0.29) is 17.6 Å². The van der Waals surface area contributed by atoms with Crippen LogP contribution in [0, 0.1) is 5.41 Å². The maximum Gasteiger partial charge on any atom is 0.272 e. The fourth-order valence-corrected chi connectivity index (χ4v) is 4.62. The number of halogens is 1. The first kappa shape index (κ1) is 27.8. The summed E-state index contributed by atoms with van der Waals surface area (Å²) in [5, 5.41) is 13.5. The van der Waals surface area contributed by atoms with Crippen molar-refractivity contribution in [2.24, 2.45) is 5.73 Å². The van der Waals surface area contributed by atoms with Crippen LogP contribution in [0.2, 0.25) is 0 Å². The molecule has 0 aliphatic heterocycles. The van der Waals surface area contributed by atoms with Gasteiger partial charge in [-0.05, 0) is 48.0 Å². The number of hydrogen-bond donors (Lipinski definition) is 3. The summed E-state index contributed by atoms with van der Waals surface area (Å²) in [6.45, 7) is 0. The number of amidine groups is 1. The maximum absolute atomic E-state index is 14.0. The van der Waals surface area contributed by atoms with Crippen molar-refractivity contribution in [3.8, 4) is 11.5 Å². The molecule has 0 saturated carbocycles. The molecule has 0 bridgehead atoms. The number of nitrogen functional groups attached to an aromatic ring is 1. The van der Waals surface area contributed by atoms with Crippen LogP contribution in [0.15, 0.2) is 66.7 Å². The third kappa shape index (κ3) is 6.13. The van der Waals surface area contributed by atoms with Crippen LogP contribution in [0.1, 0.15) is 33.1 Å². The summed E-state index contributed by atoms with van der Waals surface area (Å²) in [5.74, 6) is 0.368. The minimum absolute atomic E-state index is 0.0490. The van der Waals surface area contributed by atoms with Gasteiger partial charge in [0.05, 0.1) is 14.2 Å². The Hall–Kier alpha value is -3.80. The minimum Gasteiger partial charge on any atom is -0.493 e. The fraction of sp³-hybridized carbons (Fsp3) is 0.222. The number of likely N-dealkylation sites (N-methyl/N-ethyl adjacent to an activating group) is 1. The molecule has 2 amide bonds. The van der Waals surface area contributed by atoms with Gasteiger partial charge in [-0.25, -0.2) is 0 Å². The van der Waals surface area contributed by atoms with E-state index in [1.54, 1.807) is 82.9 Å². The van der Waals surface area contributed by atoms with Crippen molar-refractivity contribution in [3.05, 3.63) is 89.0 Å².